The van der Waals surface area contributed by atoms with E-state index in [2.05, 4.69) is 25.8 Å². The molecule has 2 aromatic rings. The van der Waals surface area contributed by atoms with Gasteiger partial charge in [-0.25, -0.2) is 9.97 Å². The lowest BCUT2D eigenvalue weighted by atomic mass is 10.3. The Kier molecular flexibility index (Phi) is 5.22. The highest BCUT2D eigenvalue weighted by molar-refractivity contribution is 6.03. The van der Waals surface area contributed by atoms with Crippen LogP contribution in [0.5, 0.6) is 0 Å². The Bertz CT molecular complexity index is 582. The molecule has 1 amide bonds. The molecule has 0 fully saturated rings. The predicted molar refractivity (Wildman–Crippen MR) is 76.2 cm³/mol. The van der Waals surface area contributed by atoms with Crippen LogP contribution in [0.25, 0.3) is 0 Å². The molecule has 2 aromatic heterocycles. The van der Waals surface area contributed by atoms with Crippen molar-refractivity contribution in [2.45, 2.75) is 13.3 Å². The van der Waals surface area contributed by atoms with E-state index in [0.29, 0.717) is 36.2 Å². The number of hydrogen-bond acceptors (Lipinski definition) is 7. The molecule has 0 bridgehead atoms. The van der Waals surface area contributed by atoms with E-state index in [-0.39, 0.29) is 5.91 Å². The van der Waals surface area contributed by atoms with Gasteiger partial charge in [0.1, 0.15) is 5.76 Å². The molecule has 0 aliphatic heterocycles. The molecule has 8 heteroatoms. The average Bonchev–Trinajstić information content (AvgIpc) is 2.89. The molecule has 0 aromatic carbocycles. The smallest absolute Gasteiger partial charge is 0.260 e. The first-order valence-corrected chi connectivity index (χ1v) is 6.48. The Morgan fingerprint density at radius 1 is 1.38 bits per heavy atom. The highest BCUT2D eigenvalue weighted by Crippen LogP contribution is 2.09. The molecule has 2 rings (SSSR count). The first kappa shape index (κ1) is 14.9. The highest BCUT2D eigenvalue weighted by Gasteiger charge is 2.10. The quantitative estimate of drug-likeness (QED) is 0.745. The standard InChI is InChI=1S/C13H17N5O3/c1-9-6-11(18-21-9)17-12(19)10-7-15-13(16-8-10)14-4-3-5-20-2/h6-8H,3-5H2,1-2H3,(H,14,15,16)(H,17,18,19). The summed E-state index contributed by atoms with van der Waals surface area (Å²) in [6.07, 6.45) is 3.76. The normalized spacial score (nSPS) is 10.4. The molecule has 0 aliphatic carbocycles. The number of nitrogens with zero attached hydrogens (tertiary/aromatic N) is 3. The van der Waals surface area contributed by atoms with E-state index >= 15 is 0 Å². The van der Waals surface area contributed by atoms with E-state index < -0.39 is 0 Å². The zero-order valence-corrected chi connectivity index (χ0v) is 11.9. The van der Waals surface area contributed by atoms with Gasteiger partial charge in [0.15, 0.2) is 5.82 Å². The zero-order chi connectivity index (χ0) is 15.1. The summed E-state index contributed by atoms with van der Waals surface area (Å²) in [5, 5.41) is 9.32. The summed E-state index contributed by atoms with van der Waals surface area (Å²) < 4.78 is 9.81. The first-order valence-electron chi connectivity index (χ1n) is 6.48. The number of hydrogen-bond donors (Lipinski definition) is 2. The fourth-order valence-electron chi connectivity index (χ4n) is 1.57. The third-order valence-corrected chi connectivity index (χ3v) is 2.59. The molecular formula is C13H17N5O3. The lowest BCUT2D eigenvalue weighted by Gasteiger charge is -2.05. The SMILES string of the molecule is COCCCNc1ncc(C(=O)Nc2cc(C)on2)cn1. The van der Waals surface area contributed by atoms with E-state index in [1.807, 2.05) is 0 Å². The van der Waals surface area contributed by atoms with Crippen LogP contribution >= 0.6 is 0 Å². The van der Waals surface area contributed by atoms with Crippen LogP contribution in [0.1, 0.15) is 22.5 Å². The Morgan fingerprint density at radius 3 is 2.76 bits per heavy atom. The molecule has 0 unspecified atom stereocenters. The summed E-state index contributed by atoms with van der Waals surface area (Å²) in [7, 11) is 1.65. The summed E-state index contributed by atoms with van der Waals surface area (Å²) in [5.74, 6) is 1.12. The van der Waals surface area contributed by atoms with E-state index in [1.165, 1.54) is 12.4 Å². The van der Waals surface area contributed by atoms with Crippen molar-refractivity contribution >= 4 is 17.7 Å². The topological polar surface area (TPSA) is 102 Å². The van der Waals surface area contributed by atoms with Gasteiger partial charge in [-0.3, -0.25) is 4.79 Å². The molecular weight excluding hydrogens is 274 g/mol. The second-order valence-corrected chi connectivity index (χ2v) is 4.35. The molecule has 0 spiro atoms. The van der Waals surface area contributed by atoms with Crippen LogP contribution in [0, 0.1) is 6.92 Å². The van der Waals surface area contributed by atoms with Gasteiger partial charge in [-0.05, 0) is 13.3 Å². The minimum Gasteiger partial charge on any atom is -0.385 e. The lowest BCUT2D eigenvalue weighted by Crippen LogP contribution is -2.14. The van der Waals surface area contributed by atoms with Crippen LogP contribution in [0.3, 0.4) is 0 Å². The van der Waals surface area contributed by atoms with Gasteiger partial charge in [-0.15, -0.1) is 0 Å². The van der Waals surface area contributed by atoms with Crippen molar-refractivity contribution in [3.8, 4) is 0 Å². The summed E-state index contributed by atoms with van der Waals surface area (Å²) in [6.45, 7) is 3.12. The summed E-state index contributed by atoms with van der Waals surface area (Å²) in [5.41, 5.74) is 0.345. The first-order chi connectivity index (χ1) is 10.2. The van der Waals surface area contributed by atoms with Gasteiger partial charge in [-0.1, -0.05) is 5.16 Å². The van der Waals surface area contributed by atoms with E-state index in [4.69, 9.17) is 9.26 Å². The Hall–Kier alpha value is -2.48. The van der Waals surface area contributed by atoms with Crippen LogP contribution in [0.15, 0.2) is 23.0 Å². The van der Waals surface area contributed by atoms with Crippen molar-refractivity contribution in [1.29, 1.82) is 0 Å². The van der Waals surface area contributed by atoms with Gasteiger partial charge in [0.05, 0.1) is 5.56 Å². The Labute approximate surface area is 121 Å². The number of aryl methyl sites for hydroxylation is 1. The molecule has 0 atom stereocenters. The predicted octanol–water partition coefficient (Wildman–Crippen LogP) is 1.47. The van der Waals surface area contributed by atoms with Crippen molar-refractivity contribution in [2.75, 3.05) is 30.9 Å². The number of nitrogens with one attached hydrogen (secondary N) is 2. The molecule has 0 saturated heterocycles. The maximum absolute atomic E-state index is 11.9. The van der Waals surface area contributed by atoms with Gasteiger partial charge in [0.25, 0.3) is 5.91 Å². The zero-order valence-electron chi connectivity index (χ0n) is 11.9. The van der Waals surface area contributed by atoms with Crippen molar-refractivity contribution in [2.24, 2.45) is 0 Å². The second-order valence-electron chi connectivity index (χ2n) is 4.35. The fraction of sp³-hybridized carbons (Fsp3) is 0.385. The maximum atomic E-state index is 11.9. The van der Waals surface area contributed by atoms with Crippen molar-refractivity contribution in [1.82, 2.24) is 15.1 Å². The Balaban J connectivity index is 1.87. The lowest BCUT2D eigenvalue weighted by molar-refractivity contribution is 0.102. The fourth-order valence-corrected chi connectivity index (χ4v) is 1.57. The van der Waals surface area contributed by atoms with E-state index in [0.717, 1.165) is 6.42 Å². The third kappa shape index (κ3) is 4.53. The number of methoxy groups -OCH3 is 1. The molecule has 0 aliphatic rings. The summed E-state index contributed by atoms with van der Waals surface area (Å²) >= 11 is 0. The summed E-state index contributed by atoms with van der Waals surface area (Å²) in [6, 6.07) is 1.63. The number of carbonyl (C=O) groups excluding carboxylic acids is 1. The molecule has 2 N–H and O–H groups in total. The van der Waals surface area contributed by atoms with Gasteiger partial charge in [0.2, 0.25) is 5.95 Å². The summed E-state index contributed by atoms with van der Waals surface area (Å²) in [4.78, 5) is 20.1. The largest absolute Gasteiger partial charge is 0.385 e. The van der Waals surface area contributed by atoms with Crippen LogP contribution in [0.2, 0.25) is 0 Å². The Morgan fingerprint density at radius 2 is 2.14 bits per heavy atom. The van der Waals surface area contributed by atoms with Crippen molar-refractivity contribution in [3.05, 3.63) is 29.8 Å². The third-order valence-electron chi connectivity index (χ3n) is 2.59. The van der Waals surface area contributed by atoms with Crippen LogP contribution in [-0.2, 0) is 4.74 Å². The number of carbonyl (C=O) groups is 1. The number of rotatable bonds is 7. The minimum atomic E-state index is -0.339. The van der Waals surface area contributed by atoms with Gasteiger partial charge in [-0.2, -0.15) is 0 Å². The number of ether oxygens (including phenoxy) is 1. The molecule has 0 saturated carbocycles. The highest BCUT2D eigenvalue weighted by atomic mass is 16.5. The molecule has 112 valence electrons. The van der Waals surface area contributed by atoms with Crippen LogP contribution in [-0.4, -0.2) is 41.3 Å². The number of amides is 1. The van der Waals surface area contributed by atoms with Gasteiger partial charge in [0, 0.05) is 38.7 Å². The molecule has 2 heterocycles. The van der Waals surface area contributed by atoms with E-state index in [1.54, 1.807) is 20.1 Å². The monoisotopic (exact) mass is 291 g/mol. The van der Waals surface area contributed by atoms with Gasteiger partial charge >= 0.3 is 0 Å². The second kappa shape index (κ2) is 7.34. The van der Waals surface area contributed by atoms with Gasteiger partial charge < -0.3 is 19.9 Å². The number of aromatic nitrogens is 3. The van der Waals surface area contributed by atoms with Crippen LogP contribution < -0.4 is 10.6 Å². The molecule has 8 nitrogen and oxygen atoms in total. The maximum Gasteiger partial charge on any atom is 0.260 e. The van der Waals surface area contributed by atoms with Crippen LogP contribution in [0.4, 0.5) is 11.8 Å². The molecule has 0 radical (unpaired) electrons. The minimum absolute atomic E-state index is 0.339. The molecule has 21 heavy (non-hydrogen) atoms. The average molecular weight is 291 g/mol. The van der Waals surface area contributed by atoms with E-state index in [9.17, 15) is 4.79 Å². The van der Waals surface area contributed by atoms with Crippen molar-refractivity contribution < 1.29 is 14.1 Å². The van der Waals surface area contributed by atoms with Crippen molar-refractivity contribution in [3.63, 3.8) is 0 Å². The number of anilines is 2.